The molecule has 1 heterocycles. The molecule has 0 aliphatic heterocycles. The van der Waals surface area contributed by atoms with Gasteiger partial charge in [0.05, 0.1) is 5.92 Å². The number of nitrogens with two attached hydrogens (primary N) is 2. The van der Waals surface area contributed by atoms with Gasteiger partial charge in [0.25, 0.3) is 0 Å². The number of hydrogen-bond donors (Lipinski definition) is 3. The lowest BCUT2D eigenvalue weighted by atomic mass is 9.93. The van der Waals surface area contributed by atoms with Gasteiger partial charge in [0.2, 0.25) is 17.6 Å². The number of aromatic amines is 1. The second-order valence-corrected chi connectivity index (χ2v) is 5.95. The van der Waals surface area contributed by atoms with Crippen LogP contribution in [0.25, 0.3) is 22.5 Å². The van der Waals surface area contributed by atoms with Crippen molar-refractivity contribution in [1.29, 1.82) is 0 Å². The molecule has 0 saturated heterocycles. The SMILES string of the molecule is NC(=O)CC(Cc1ccc(-c2ccccc2-c2nn[nH]n2)cc1)C(N)=O. The van der Waals surface area contributed by atoms with Gasteiger partial charge < -0.3 is 11.5 Å². The van der Waals surface area contributed by atoms with Crippen LogP contribution < -0.4 is 11.5 Å². The molecular formula is C18H18N6O2. The van der Waals surface area contributed by atoms with E-state index in [2.05, 4.69) is 20.6 Å². The molecule has 0 radical (unpaired) electrons. The first-order valence-corrected chi connectivity index (χ1v) is 8.04. The highest BCUT2D eigenvalue weighted by atomic mass is 16.2. The lowest BCUT2D eigenvalue weighted by Gasteiger charge is -2.12. The summed E-state index contributed by atoms with van der Waals surface area (Å²) in [5.74, 6) is -1.17. The van der Waals surface area contributed by atoms with E-state index in [-0.39, 0.29) is 6.42 Å². The van der Waals surface area contributed by atoms with Crippen molar-refractivity contribution in [2.45, 2.75) is 12.8 Å². The number of amides is 2. The van der Waals surface area contributed by atoms with Crippen LogP contribution in [0.1, 0.15) is 12.0 Å². The van der Waals surface area contributed by atoms with Gasteiger partial charge in [-0.3, -0.25) is 9.59 Å². The van der Waals surface area contributed by atoms with Gasteiger partial charge in [-0.15, -0.1) is 10.2 Å². The van der Waals surface area contributed by atoms with E-state index in [9.17, 15) is 9.59 Å². The molecule has 2 aromatic carbocycles. The Morgan fingerprint density at radius 3 is 2.27 bits per heavy atom. The maximum Gasteiger partial charge on any atom is 0.221 e. The van der Waals surface area contributed by atoms with Crippen LogP contribution in [-0.2, 0) is 16.0 Å². The highest BCUT2D eigenvalue weighted by Crippen LogP contribution is 2.30. The summed E-state index contributed by atoms with van der Waals surface area (Å²) in [5, 5.41) is 14.1. The van der Waals surface area contributed by atoms with Crippen molar-refractivity contribution in [3.8, 4) is 22.5 Å². The zero-order valence-electron chi connectivity index (χ0n) is 13.9. The molecule has 0 bridgehead atoms. The molecule has 0 fully saturated rings. The number of rotatable bonds is 7. The highest BCUT2D eigenvalue weighted by Gasteiger charge is 2.19. The van der Waals surface area contributed by atoms with Crippen LogP contribution >= 0.6 is 0 Å². The third kappa shape index (κ3) is 3.92. The van der Waals surface area contributed by atoms with Crippen LogP contribution in [0.5, 0.6) is 0 Å². The average Bonchev–Trinajstić information content (AvgIpc) is 3.16. The lowest BCUT2D eigenvalue weighted by Crippen LogP contribution is -2.29. The smallest absolute Gasteiger partial charge is 0.221 e. The molecule has 1 aromatic heterocycles. The van der Waals surface area contributed by atoms with Crippen LogP contribution in [0.15, 0.2) is 48.5 Å². The molecule has 132 valence electrons. The number of carbonyl (C=O) groups excluding carboxylic acids is 2. The van der Waals surface area contributed by atoms with E-state index < -0.39 is 17.7 Å². The number of H-pyrrole nitrogens is 1. The highest BCUT2D eigenvalue weighted by molar-refractivity contribution is 5.84. The summed E-state index contributed by atoms with van der Waals surface area (Å²) in [7, 11) is 0. The number of tetrazole rings is 1. The van der Waals surface area contributed by atoms with Crippen molar-refractivity contribution < 1.29 is 9.59 Å². The molecule has 8 nitrogen and oxygen atoms in total. The van der Waals surface area contributed by atoms with Gasteiger partial charge >= 0.3 is 0 Å². The van der Waals surface area contributed by atoms with Crippen molar-refractivity contribution in [2.24, 2.45) is 17.4 Å². The van der Waals surface area contributed by atoms with E-state index in [0.717, 1.165) is 22.3 Å². The fourth-order valence-corrected chi connectivity index (χ4v) is 2.83. The first-order valence-electron chi connectivity index (χ1n) is 8.04. The Morgan fingerprint density at radius 2 is 1.69 bits per heavy atom. The van der Waals surface area contributed by atoms with Gasteiger partial charge in [-0.05, 0) is 28.3 Å². The quantitative estimate of drug-likeness (QED) is 0.584. The first-order chi connectivity index (χ1) is 12.5. The number of hydrogen-bond acceptors (Lipinski definition) is 5. The standard InChI is InChI=1S/C18H18N6O2/c19-16(25)10-13(17(20)26)9-11-5-7-12(8-6-11)14-3-1-2-4-15(14)18-21-23-24-22-18/h1-8,13H,9-10H2,(H2,19,25)(H2,20,26)(H,21,22,23,24). The molecule has 3 rings (SSSR count). The average molecular weight is 350 g/mol. The van der Waals surface area contributed by atoms with E-state index in [0.29, 0.717) is 12.2 Å². The second-order valence-electron chi connectivity index (χ2n) is 5.95. The van der Waals surface area contributed by atoms with E-state index in [1.165, 1.54) is 0 Å². The topological polar surface area (TPSA) is 141 Å². The molecule has 1 unspecified atom stereocenters. The molecule has 0 aliphatic rings. The summed E-state index contributed by atoms with van der Waals surface area (Å²) in [5.41, 5.74) is 14.2. The molecule has 5 N–H and O–H groups in total. The molecule has 3 aromatic rings. The molecule has 2 amide bonds. The molecular weight excluding hydrogens is 332 g/mol. The third-order valence-corrected chi connectivity index (χ3v) is 4.11. The fourth-order valence-electron chi connectivity index (χ4n) is 2.83. The van der Waals surface area contributed by atoms with Crippen molar-refractivity contribution in [2.75, 3.05) is 0 Å². The zero-order valence-corrected chi connectivity index (χ0v) is 13.9. The van der Waals surface area contributed by atoms with Crippen LogP contribution in [0, 0.1) is 5.92 Å². The second kappa shape index (κ2) is 7.56. The Hall–Kier alpha value is -3.55. The summed E-state index contributed by atoms with van der Waals surface area (Å²) >= 11 is 0. The van der Waals surface area contributed by atoms with E-state index in [1.807, 2.05) is 48.5 Å². The maximum absolute atomic E-state index is 11.5. The van der Waals surface area contributed by atoms with Crippen molar-refractivity contribution >= 4 is 11.8 Å². The normalized spacial score (nSPS) is 11.8. The molecule has 0 spiro atoms. The van der Waals surface area contributed by atoms with Gasteiger partial charge in [0.15, 0.2) is 0 Å². The number of carbonyl (C=O) groups is 2. The fraction of sp³-hybridized carbons (Fsp3) is 0.167. The van der Waals surface area contributed by atoms with Gasteiger partial charge in [-0.1, -0.05) is 48.5 Å². The first kappa shape index (κ1) is 17.3. The van der Waals surface area contributed by atoms with Crippen molar-refractivity contribution in [3.05, 3.63) is 54.1 Å². The van der Waals surface area contributed by atoms with Gasteiger partial charge in [-0.2, -0.15) is 5.21 Å². The van der Waals surface area contributed by atoms with Crippen LogP contribution in [-0.4, -0.2) is 32.4 Å². The monoisotopic (exact) mass is 350 g/mol. The Kier molecular flexibility index (Phi) is 5.02. The van der Waals surface area contributed by atoms with Gasteiger partial charge in [0, 0.05) is 12.0 Å². The van der Waals surface area contributed by atoms with Crippen molar-refractivity contribution in [1.82, 2.24) is 20.6 Å². The minimum Gasteiger partial charge on any atom is -0.370 e. The summed E-state index contributed by atoms with van der Waals surface area (Å²) < 4.78 is 0. The minimum atomic E-state index is -0.607. The van der Waals surface area contributed by atoms with Crippen LogP contribution in [0.2, 0.25) is 0 Å². The van der Waals surface area contributed by atoms with Gasteiger partial charge in [0.1, 0.15) is 0 Å². The zero-order chi connectivity index (χ0) is 18.5. The molecule has 0 saturated carbocycles. The van der Waals surface area contributed by atoms with E-state index in [1.54, 1.807) is 0 Å². The Morgan fingerprint density at radius 1 is 1.00 bits per heavy atom. The van der Waals surface area contributed by atoms with Crippen LogP contribution in [0.3, 0.4) is 0 Å². The Labute approximate surface area is 149 Å². The number of nitrogens with one attached hydrogen (secondary N) is 1. The molecule has 8 heteroatoms. The molecule has 1 atom stereocenters. The summed E-state index contributed by atoms with van der Waals surface area (Å²) in [6, 6.07) is 15.4. The predicted molar refractivity (Wildman–Crippen MR) is 95.2 cm³/mol. The number of primary amides is 2. The largest absolute Gasteiger partial charge is 0.370 e. The predicted octanol–water partition coefficient (Wildman–Crippen LogP) is 1.05. The third-order valence-electron chi connectivity index (χ3n) is 4.11. The maximum atomic E-state index is 11.5. The van der Waals surface area contributed by atoms with Crippen molar-refractivity contribution in [3.63, 3.8) is 0 Å². The van der Waals surface area contributed by atoms with E-state index in [4.69, 9.17) is 11.5 Å². The number of nitrogens with zero attached hydrogens (tertiary/aromatic N) is 3. The number of aromatic nitrogens is 4. The number of benzene rings is 2. The summed E-state index contributed by atoms with van der Waals surface area (Å²) in [6.45, 7) is 0. The molecule has 0 aliphatic carbocycles. The summed E-state index contributed by atoms with van der Waals surface area (Å²) in [6.07, 6.45) is 0.308. The Balaban J connectivity index is 1.85. The lowest BCUT2D eigenvalue weighted by molar-refractivity contribution is -0.126. The minimum absolute atomic E-state index is 0.0578. The summed E-state index contributed by atoms with van der Waals surface area (Å²) in [4.78, 5) is 22.6. The molecule has 26 heavy (non-hydrogen) atoms. The van der Waals surface area contributed by atoms with Gasteiger partial charge in [-0.25, -0.2) is 0 Å². The van der Waals surface area contributed by atoms with E-state index >= 15 is 0 Å². The van der Waals surface area contributed by atoms with Crippen LogP contribution in [0.4, 0.5) is 0 Å². The Bertz CT molecular complexity index is 906.